The van der Waals surface area contributed by atoms with E-state index in [9.17, 15) is 15.0 Å². The van der Waals surface area contributed by atoms with Gasteiger partial charge in [0.25, 0.3) is 5.91 Å². The summed E-state index contributed by atoms with van der Waals surface area (Å²) in [6, 6.07) is 9.95. The summed E-state index contributed by atoms with van der Waals surface area (Å²) in [4.78, 5) is 15.5. The quantitative estimate of drug-likeness (QED) is 0.518. The molecule has 0 spiro atoms. The molecule has 0 saturated carbocycles. The van der Waals surface area contributed by atoms with Crippen molar-refractivity contribution in [2.45, 2.75) is 32.6 Å². The van der Waals surface area contributed by atoms with Crippen molar-refractivity contribution in [2.75, 3.05) is 26.2 Å². The lowest BCUT2D eigenvalue weighted by Gasteiger charge is -2.30. The standard InChI is InChI=1S/C24H28N2O4/c1-2-12-25-24(29)22-21-18(5-3-13-26-14-4-15-26)19(28)10-11-20(21)30-23(22)16-6-8-17(27)9-7-16/h6-11,27-28H,2-5,12-15H2,1H3,(H,25,29). The number of carbonyl (C=O) groups is 1. The van der Waals surface area contributed by atoms with Gasteiger partial charge in [0, 0.05) is 23.1 Å². The largest absolute Gasteiger partial charge is 0.508 e. The fraction of sp³-hybridized carbons (Fsp3) is 0.375. The molecule has 1 saturated heterocycles. The first-order valence-electron chi connectivity index (χ1n) is 10.7. The minimum atomic E-state index is -0.215. The minimum Gasteiger partial charge on any atom is -0.508 e. The van der Waals surface area contributed by atoms with Gasteiger partial charge in [-0.1, -0.05) is 6.92 Å². The van der Waals surface area contributed by atoms with Crippen molar-refractivity contribution >= 4 is 16.9 Å². The third kappa shape index (κ3) is 4.00. The molecule has 2 aromatic carbocycles. The van der Waals surface area contributed by atoms with Crippen molar-refractivity contribution in [3.05, 3.63) is 47.5 Å². The molecule has 2 heterocycles. The highest BCUT2D eigenvalue weighted by molar-refractivity contribution is 6.12. The van der Waals surface area contributed by atoms with E-state index in [1.165, 1.54) is 6.42 Å². The van der Waals surface area contributed by atoms with Crippen LogP contribution in [-0.4, -0.2) is 47.2 Å². The van der Waals surface area contributed by atoms with Crippen LogP contribution in [-0.2, 0) is 6.42 Å². The van der Waals surface area contributed by atoms with Crippen LogP contribution in [0.5, 0.6) is 11.5 Å². The predicted molar refractivity (Wildman–Crippen MR) is 117 cm³/mol. The Labute approximate surface area is 176 Å². The summed E-state index contributed by atoms with van der Waals surface area (Å²) in [5, 5.41) is 23.9. The van der Waals surface area contributed by atoms with Crippen molar-refractivity contribution in [3.63, 3.8) is 0 Å². The smallest absolute Gasteiger partial charge is 0.255 e. The van der Waals surface area contributed by atoms with Crippen molar-refractivity contribution in [1.82, 2.24) is 10.2 Å². The summed E-state index contributed by atoms with van der Waals surface area (Å²) in [6.45, 7) is 5.82. The number of phenols is 2. The number of hydrogen-bond donors (Lipinski definition) is 3. The number of phenolic OH excluding ortho intramolecular Hbond substituents is 2. The molecule has 6 nitrogen and oxygen atoms in total. The maximum atomic E-state index is 13.1. The normalized spacial score (nSPS) is 14.0. The first-order chi connectivity index (χ1) is 14.6. The summed E-state index contributed by atoms with van der Waals surface area (Å²) in [5.74, 6) is 0.575. The van der Waals surface area contributed by atoms with Crippen LogP contribution >= 0.6 is 0 Å². The third-order valence-corrected chi connectivity index (χ3v) is 5.68. The molecule has 6 heteroatoms. The van der Waals surface area contributed by atoms with Gasteiger partial charge in [0.15, 0.2) is 0 Å². The van der Waals surface area contributed by atoms with E-state index in [4.69, 9.17) is 4.42 Å². The fourth-order valence-corrected chi connectivity index (χ4v) is 3.95. The third-order valence-electron chi connectivity index (χ3n) is 5.68. The zero-order valence-corrected chi connectivity index (χ0v) is 17.3. The van der Waals surface area contributed by atoms with Crippen LogP contribution in [0, 0.1) is 0 Å². The second-order valence-electron chi connectivity index (χ2n) is 7.84. The second-order valence-corrected chi connectivity index (χ2v) is 7.84. The molecule has 158 valence electrons. The number of nitrogens with zero attached hydrogens (tertiary/aromatic N) is 1. The Morgan fingerprint density at radius 2 is 1.90 bits per heavy atom. The fourth-order valence-electron chi connectivity index (χ4n) is 3.95. The molecular formula is C24H28N2O4. The van der Waals surface area contributed by atoms with E-state index < -0.39 is 0 Å². The van der Waals surface area contributed by atoms with E-state index in [2.05, 4.69) is 10.2 Å². The number of aromatic hydroxyl groups is 2. The number of aryl methyl sites for hydroxylation is 1. The number of furan rings is 1. The zero-order chi connectivity index (χ0) is 21.1. The molecule has 3 aromatic rings. The van der Waals surface area contributed by atoms with Crippen LogP contribution in [0.25, 0.3) is 22.3 Å². The average Bonchev–Trinajstić information content (AvgIpc) is 3.09. The summed E-state index contributed by atoms with van der Waals surface area (Å²) in [5.41, 5.74) is 2.48. The van der Waals surface area contributed by atoms with Gasteiger partial charge in [0.05, 0.1) is 5.56 Å². The van der Waals surface area contributed by atoms with Gasteiger partial charge in [-0.3, -0.25) is 4.79 Å². The lowest BCUT2D eigenvalue weighted by atomic mass is 9.97. The second kappa shape index (κ2) is 8.79. The number of amides is 1. The zero-order valence-electron chi connectivity index (χ0n) is 17.3. The number of hydrogen-bond acceptors (Lipinski definition) is 5. The van der Waals surface area contributed by atoms with Crippen molar-refractivity contribution < 1.29 is 19.4 Å². The molecule has 1 amide bonds. The lowest BCUT2D eigenvalue weighted by molar-refractivity contribution is 0.0955. The number of fused-ring (bicyclic) bond motifs is 1. The van der Waals surface area contributed by atoms with E-state index in [1.807, 2.05) is 6.92 Å². The average molecular weight is 408 g/mol. The Kier molecular flexibility index (Phi) is 5.95. The Hall–Kier alpha value is -2.99. The molecule has 1 aromatic heterocycles. The van der Waals surface area contributed by atoms with E-state index in [0.29, 0.717) is 40.8 Å². The summed E-state index contributed by atoms with van der Waals surface area (Å²) < 4.78 is 6.12. The molecule has 1 aliphatic rings. The maximum absolute atomic E-state index is 13.1. The Morgan fingerprint density at radius 1 is 1.13 bits per heavy atom. The van der Waals surface area contributed by atoms with Gasteiger partial charge in [-0.05, 0) is 81.7 Å². The topological polar surface area (TPSA) is 85.9 Å². The molecule has 0 atom stereocenters. The van der Waals surface area contributed by atoms with Gasteiger partial charge >= 0.3 is 0 Å². The predicted octanol–water partition coefficient (Wildman–Crippen LogP) is 4.29. The number of carbonyl (C=O) groups excluding carboxylic acids is 1. The van der Waals surface area contributed by atoms with Crippen molar-refractivity contribution in [3.8, 4) is 22.8 Å². The van der Waals surface area contributed by atoms with E-state index in [-0.39, 0.29) is 17.4 Å². The molecule has 0 aliphatic carbocycles. The van der Waals surface area contributed by atoms with E-state index >= 15 is 0 Å². The highest BCUT2D eigenvalue weighted by Gasteiger charge is 2.25. The SMILES string of the molecule is CCCNC(=O)c1c(-c2ccc(O)cc2)oc2ccc(O)c(CCCN3CCC3)c12. The van der Waals surface area contributed by atoms with Crippen LogP contribution in [0.15, 0.2) is 40.8 Å². The number of rotatable bonds is 8. The van der Waals surface area contributed by atoms with Crippen molar-refractivity contribution in [2.24, 2.45) is 0 Å². The summed E-state index contributed by atoms with van der Waals surface area (Å²) in [6.07, 6.45) is 3.65. The van der Waals surface area contributed by atoms with Crippen LogP contribution in [0.3, 0.4) is 0 Å². The molecule has 1 aliphatic heterocycles. The lowest BCUT2D eigenvalue weighted by Crippen LogP contribution is -2.37. The van der Waals surface area contributed by atoms with Crippen LogP contribution in [0.4, 0.5) is 0 Å². The minimum absolute atomic E-state index is 0.149. The molecule has 0 radical (unpaired) electrons. The van der Waals surface area contributed by atoms with Crippen molar-refractivity contribution in [1.29, 1.82) is 0 Å². The Morgan fingerprint density at radius 3 is 2.57 bits per heavy atom. The monoisotopic (exact) mass is 408 g/mol. The molecular weight excluding hydrogens is 380 g/mol. The van der Waals surface area contributed by atoms with Gasteiger partial charge in [0.1, 0.15) is 22.8 Å². The van der Waals surface area contributed by atoms with Crippen LogP contribution in [0.1, 0.15) is 42.1 Å². The van der Waals surface area contributed by atoms with Crippen LogP contribution in [0.2, 0.25) is 0 Å². The van der Waals surface area contributed by atoms with Gasteiger partial charge < -0.3 is 24.8 Å². The van der Waals surface area contributed by atoms with Crippen LogP contribution < -0.4 is 5.32 Å². The maximum Gasteiger partial charge on any atom is 0.255 e. The Balaban J connectivity index is 1.79. The number of likely N-dealkylation sites (tertiary alicyclic amines) is 1. The van der Waals surface area contributed by atoms with Gasteiger partial charge in [-0.2, -0.15) is 0 Å². The van der Waals surface area contributed by atoms with Gasteiger partial charge in [-0.15, -0.1) is 0 Å². The van der Waals surface area contributed by atoms with Gasteiger partial charge in [-0.25, -0.2) is 0 Å². The molecule has 0 unspecified atom stereocenters. The van der Waals surface area contributed by atoms with E-state index in [0.717, 1.165) is 38.0 Å². The summed E-state index contributed by atoms with van der Waals surface area (Å²) >= 11 is 0. The highest BCUT2D eigenvalue weighted by atomic mass is 16.3. The molecule has 30 heavy (non-hydrogen) atoms. The first-order valence-corrected chi connectivity index (χ1v) is 10.7. The first kappa shape index (κ1) is 20.3. The number of nitrogens with one attached hydrogen (secondary N) is 1. The highest BCUT2D eigenvalue weighted by Crippen LogP contribution is 2.39. The molecule has 4 rings (SSSR count). The molecule has 0 bridgehead atoms. The molecule has 3 N–H and O–H groups in total. The number of benzene rings is 2. The van der Waals surface area contributed by atoms with E-state index in [1.54, 1.807) is 36.4 Å². The Bertz CT molecular complexity index is 1040. The molecule has 1 fully saturated rings. The van der Waals surface area contributed by atoms with Gasteiger partial charge in [0.2, 0.25) is 0 Å². The summed E-state index contributed by atoms with van der Waals surface area (Å²) in [7, 11) is 0.